The predicted molar refractivity (Wildman–Crippen MR) is 104 cm³/mol. The number of quaternary nitrogens is 1. The standard InChI is InChI=1S/C19H21F2N5O4/c1-11-6-4-8-15(23-18(27)26(3)25-22)14(11)10-28-24-12(2)13-7-5-9-16-17(13)30-19(20,21)29-16/h4-9,25H,10,22H2,1-3H3,(H,23,27)/p+1. The van der Waals surface area contributed by atoms with Crippen molar-refractivity contribution in [2.45, 2.75) is 26.7 Å². The number of hydrogen-bond donors (Lipinski definition) is 3. The van der Waals surface area contributed by atoms with Gasteiger partial charge >= 0.3 is 12.3 Å². The van der Waals surface area contributed by atoms with Crippen LogP contribution < -0.4 is 26.2 Å². The lowest BCUT2D eigenvalue weighted by atomic mass is 10.1. The van der Waals surface area contributed by atoms with Crippen LogP contribution in [0.2, 0.25) is 0 Å². The van der Waals surface area contributed by atoms with Crippen molar-refractivity contribution in [1.29, 1.82) is 0 Å². The van der Waals surface area contributed by atoms with Crippen LogP contribution in [0, 0.1) is 6.92 Å². The predicted octanol–water partition coefficient (Wildman–Crippen LogP) is 2.07. The first kappa shape index (κ1) is 21.3. The Balaban J connectivity index is 1.75. The molecule has 160 valence electrons. The summed E-state index contributed by atoms with van der Waals surface area (Å²) in [6.45, 7) is 3.50. The number of hydrogen-bond acceptors (Lipinski definition) is 6. The number of aryl methyl sites for hydroxylation is 1. The fourth-order valence-corrected chi connectivity index (χ4v) is 2.78. The number of fused-ring (bicyclic) bond motifs is 1. The third-order valence-electron chi connectivity index (χ3n) is 4.42. The van der Waals surface area contributed by atoms with E-state index < -0.39 is 12.3 Å². The molecule has 2 amide bonds. The summed E-state index contributed by atoms with van der Waals surface area (Å²) in [5.41, 5.74) is 3.91. The summed E-state index contributed by atoms with van der Waals surface area (Å²) in [6.07, 6.45) is -3.72. The molecule has 30 heavy (non-hydrogen) atoms. The summed E-state index contributed by atoms with van der Waals surface area (Å²) in [5, 5.41) is 7.95. The molecule has 0 fully saturated rings. The third kappa shape index (κ3) is 4.58. The molecule has 0 bridgehead atoms. The number of carbonyl (C=O) groups excluding carboxylic acids is 1. The molecule has 5 N–H and O–H groups in total. The average molecular weight is 422 g/mol. The van der Waals surface area contributed by atoms with E-state index in [1.165, 1.54) is 18.1 Å². The summed E-state index contributed by atoms with van der Waals surface area (Å²) in [5.74, 6) is 5.18. The lowest BCUT2D eigenvalue weighted by Gasteiger charge is -2.16. The van der Waals surface area contributed by atoms with Crippen LogP contribution >= 0.6 is 0 Å². The maximum Gasteiger partial charge on any atom is 0.586 e. The molecule has 0 spiro atoms. The van der Waals surface area contributed by atoms with Gasteiger partial charge in [-0.25, -0.2) is 4.79 Å². The number of carbonyl (C=O) groups is 1. The van der Waals surface area contributed by atoms with Gasteiger partial charge in [0.15, 0.2) is 11.5 Å². The number of rotatable bonds is 6. The number of urea groups is 1. The number of alkyl halides is 2. The highest BCUT2D eigenvalue weighted by molar-refractivity contribution is 6.01. The fraction of sp³-hybridized carbons (Fsp3) is 0.263. The number of nitrogens with zero attached hydrogens (tertiary/aromatic N) is 2. The van der Waals surface area contributed by atoms with Crippen LogP contribution in [0.1, 0.15) is 23.6 Å². The molecule has 1 heterocycles. The maximum absolute atomic E-state index is 13.4. The zero-order chi connectivity index (χ0) is 21.9. The molecular weight excluding hydrogens is 400 g/mol. The van der Waals surface area contributed by atoms with Crippen molar-refractivity contribution in [3.8, 4) is 11.5 Å². The van der Waals surface area contributed by atoms with Gasteiger partial charge in [-0.05, 0) is 37.6 Å². The maximum atomic E-state index is 13.4. The number of benzene rings is 2. The third-order valence-corrected chi connectivity index (χ3v) is 4.42. The Morgan fingerprint density at radius 2 is 2.03 bits per heavy atom. The SMILES string of the molecule is CC(=NOCc1c(C)cccc1NC(=O)N(C)[NH2+]N)c1cccc2c1OC(F)(F)O2. The van der Waals surface area contributed by atoms with Gasteiger partial charge in [0.1, 0.15) is 6.61 Å². The summed E-state index contributed by atoms with van der Waals surface area (Å²) in [6, 6.07) is 9.47. The zero-order valence-corrected chi connectivity index (χ0v) is 16.6. The number of para-hydroxylation sites is 1. The summed E-state index contributed by atoms with van der Waals surface area (Å²) < 4.78 is 35.7. The monoisotopic (exact) mass is 422 g/mol. The second-order valence-corrected chi connectivity index (χ2v) is 6.54. The minimum Gasteiger partial charge on any atom is -0.395 e. The smallest absolute Gasteiger partial charge is 0.395 e. The van der Waals surface area contributed by atoms with Crippen molar-refractivity contribution < 1.29 is 33.4 Å². The van der Waals surface area contributed by atoms with E-state index >= 15 is 0 Å². The number of halogens is 2. The van der Waals surface area contributed by atoms with Crippen molar-refractivity contribution in [3.63, 3.8) is 0 Å². The van der Waals surface area contributed by atoms with Gasteiger partial charge in [0.05, 0.1) is 12.8 Å². The molecule has 0 saturated carbocycles. The highest BCUT2D eigenvalue weighted by Crippen LogP contribution is 2.43. The van der Waals surface area contributed by atoms with Gasteiger partial charge in [0, 0.05) is 16.8 Å². The average Bonchev–Trinajstić information content (AvgIpc) is 3.02. The molecule has 9 nitrogen and oxygen atoms in total. The van der Waals surface area contributed by atoms with E-state index in [0.717, 1.165) is 11.1 Å². The highest BCUT2D eigenvalue weighted by Gasteiger charge is 2.44. The van der Waals surface area contributed by atoms with Gasteiger partial charge in [0.2, 0.25) is 0 Å². The lowest BCUT2D eigenvalue weighted by molar-refractivity contribution is -0.792. The zero-order valence-electron chi connectivity index (χ0n) is 16.6. The second-order valence-electron chi connectivity index (χ2n) is 6.54. The van der Waals surface area contributed by atoms with Crippen LogP contribution in [-0.2, 0) is 11.4 Å². The Labute approximate surface area is 171 Å². The van der Waals surface area contributed by atoms with E-state index in [1.807, 2.05) is 13.0 Å². The van der Waals surface area contributed by atoms with Crippen LogP contribution in [0.15, 0.2) is 41.6 Å². The van der Waals surface area contributed by atoms with E-state index in [0.29, 0.717) is 22.5 Å². The Bertz CT molecular complexity index is 983. The Morgan fingerprint density at radius 3 is 2.77 bits per heavy atom. The van der Waals surface area contributed by atoms with E-state index in [2.05, 4.69) is 19.9 Å². The van der Waals surface area contributed by atoms with Gasteiger partial charge in [-0.15, -0.1) is 8.78 Å². The highest BCUT2D eigenvalue weighted by atomic mass is 19.3. The van der Waals surface area contributed by atoms with Gasteiger partial charge in [-0.3, -0.25) is 0 Å². The van der Waals surface area contributed by atoms with E-state index in [1.54, 1.807) is 31.2 Å². The summed E-state index contributed by atoms with van der Waals surface area (Å²) in [7, 11) is 1.52. The van der Waals surface area contributed by atoms with Crippen LogP contribution in [0.4, 0.5) is 19.3 Å². The first-order valence-corrected chi connectivity index (χ1v) is 8.95. The fourth-order valence-electron chi connectivity index (χ4n) is 2.78. The lowest BCUT2D eigenvalue weighted by Crippen LogP contribution is -3.00. The van der Waals surface area contributed by atoms with E-state index in [-0.39, 0.29) is 18.1 Å². The molecule has 0 saturated heterocycles. The molecule has 0 aliphatic carbocycles. The minimum absolute atomic E-state index is 0.0399. The van der Waals surface area contributed by atoms with Gasteiger partial charge in [-0.2, -0.15) is 16.4 Å². The normalized spacial score (nSPS) is 14.4. The van der Waals surface area contributed by atoms with E-state index in [9.17, 15) is 13.6 Å². The van der Waals surface area contributed by atoms with Crippen LogP contribution in [0.25, 0.3) is 0 Å². The molecule has 3 rings (SSSR count). The van der Waals surface area contributed by atoms with Gasteiger partial charge in [-0.1, -0.05) is 23.4 Å². The first-order valence-electron chi connectivity index (χ1n) is 8.95. The van der Waals surface area contributed by atoms with Gasteiger partial charge < -0.3 is 19.6 Å². The van der Waals surface area contributed by atoms with Gasteiger partial charge in [0.25, 0.3) is 0 Å². The summed E-state index contributed by atoms with van der Waals surface area (Å²) >= 11 is 0. The largest absolute Gasteiger partial charge is 0.586 e. The minimum atomic E-state index is -3.72. The molecule has 0 atom stereocenters. The first-order chi connectivity index (χ1) is 14.2. The Morgan fingerprint density at radius 1 is 1.30 bits per heavy atom. The Kier molecular flexibility index (Phi) is 6.04. The second kappa shape index (κ2) is 8.51. The van der Waals surface area contributed by atoms with Crippen molar-refractivity contribution in [3.05, 3.63) is 53.1 Å². The van der Waals surface area contributed by atoms with Crippen LogP contribution in [0.3, 0.4) is 0 Å². The Hall–Kier alpha value is -3.44. The molecule has 0 aromatic heterocycles. The topological polar surface area (TPSA) is 115 Å². The number of nitrogens with one attached hydrogen (secondary N) is 1. The number of anilines is 1. The number of ether oxygens (including phenoxy) is 2. The van der Waals surface area contributed by atoms with Crippen molar-refractivity contribution in [2.75, 3.05) is 12.4 Å². The number of oxime groups is 1. The molecule has 11 heteroatoms. The van der Waals surface area contributed by atoms with Crippen LogP contribution in [-0.4, -0.2) is 30.1 Å². The van der Waals surface area contributed by atoms with Crippen molar-refractivity contribution >= 4 is 17.4 Å². The number of nitrogens with two attached hydrogens (primary N) is 2. The van der Waals surface area contributed by atoms with E-state index in [4.69, 9.17) is 10.7 Å². The molecule has 2 aromatic carbocycles. The quantitative estimate of drug-likeness (QED) is 0.285. The number of amides is 2. The van der Waals surface area contributed by atoms with Crippen molar-refractivity contribution in [1.82, 2.24) is 5.01 Å². The summed E-state index contributed by atoms with van der Waals surface area (Å²) in [4.78, 5) is 17.5. The van der Waals surface area contributed by atoms with Crippen LogP contribution in [0.5, 0.6) is 11.5 Å². The van der Waals surface area contributed by atoms with Crippen molar-refractivity contribution in [2.24, 2.45) is 11.0 Å². The molecule has 1 aliphatic heterocycles. The molecule has 1 aliphatic rings. The molecule has 2 aromatic rings. The molecule has 0 radical (unpaired) electrons. The molecular formula is C19H22F2N5O4+. The molecule has 0 unspecified atom stereocenters.